The van der Waals surface area contributed by atoms with Gasteiger partial charge in [0.25, 0.3) is 0 Å². The quantitative estimate of drug-likeness (QED) is 0.670. The fraction of sp³-hybridized carbons (Fsp3) is 0.769. The van der Waals surface area contributed by atoms with Crippen molar-refractivity contribution in [2.24, 2.45) is 0 Å². The normalized spacial score (nSPS) is 27.1. The number of imide groups is 1. The Hall–Kier alpha value is -1.47. The van der Waals surface area contributed by atoms with Crippen molar-refractivity contribution in [3.8, 4) is 0 Å². The summed E-state index contributed by atoms with van der Waals surface area (Å²) in [7, 11) is 0. The number of carbonyl (C=O) groups excluding carboxylic acids is 3. The maximum Gasteiger partial charge on any atom is 0.246 e. The van der Waals surface area contributed by atoms with Crippen LogP contribution in [0.4, 0.5) is 0 Å². The van der Waals surface area contributed by atoms with Crippen LogP contribution in [-0.4, -0.2) is 71.0 Å². The molecule has 0 bridgehead atoms. The lowest BCUT2D eigenvalue weighted by Crippen LogP contribution is -2.44. The molecule has 2 rings (SSSR count). The first kappa shape index (κ1) is 14.9. The molecule has 3 amide bonds. The van der Waals surface area contributed by atoms with Crippen LogP contribution in [0, 0.1) is 0 Å². The van der Waals surface area contributed by atoms with Gasteiger partial charge in [0, 0.05) is 26.1 Å². The van der Waals surface area contributed by atoms with Crippen molar-refractivity contribution < 1.29 is 19.5 Å². The van der Waals surface area contributed by atoms with E-state index in [4.69, 9.17) is 0 Å². The predicted octanol–water partition coefficient (Wildman–Crippen LogP) is -1.29. The summed E-state index contributed by atoms with van der Waals surface area (Å²) in [4.78, 5) is 38.0. The van der Waals surface area contributed by atoms with Crippen LogP contribution < -0.4 is 5.32 Å². The Morgan fingerprint density at radius 2 is 2.00 bits per heavy atom. The second-order valence-corrected chi connectivity index (χ2v) is 5.85. The number of nitrogens with zero attached hydrogens (tertiary/aromatic N) is 2. The van der Waals surface area contributed by atoms with E-state index in [1.54, 1.807) is 6.92 Å². The summed E-state index contributed by atoms with van der Waals surface area (Å²) in [6.45, 7) is 3.42. The zero-order valence-electron chi connectivity index (χ0n) is 11.7. The number of amides is 3. The first-order valence-electron chi connectivity index (χ1n) is 6.91. The minimum Gasteiger partial charge on any atom is -0.389 e. The van der Waals surface area contributed by atoms with Gasteiger partial charge in [0.05, 0.1) is 18.7 Å². The van der Waals surface area contributed by atoms with Gasteiger partial charge in [-0.1, -0.05) is 0 Å². The van der Waals surface area contributed by atoms with Crippen LogP contribution >= 0.6 is 0 Å². The standard InChI is InChI=1S/C13H21N3O4/c1-13(20)4-6-15(9-13)7-10(17)14-11(18)8-16-5-2-3-12(16)19/h20H,2-9H2,1H3,(H,14,17,18). The molecule has 2 N–H and O–H groups in total. The number of nitrogens with one attached hydrogen (secondary N) is 1. The summed E-state index contributed by atoms with van der Waals surface area (Å²) in [5, 5.41) is 12.1. The van der Waals surface area contributed by atoms with E-state index in [9.17, 15) is 19.5 Å². The Labute approximate surface area is 117 Å². The summed E-state index contributed by atoms with van der Waals surface area (Å²) in [6.07, 6.45) is 1.86. The zero-order chi connectivity index (χ0) is 14.8. The number of hydrogen-bond acceptors (Lipinski definition) is 5. The molecule has 0 aromatic carbocycles. The monoisotopic (exact) mass is 283 g/mol. The van der Waals surface area contributed by atoms with Crippen LogP contribution in [0.15, 0.2) is 0 Å². The van der Waals surface area contributed by atoms with Gasteiger partial charge < -0.3 is 10.0 Å². The van der Waals surface area contributed by atoms with Crippen LogP contribution in [0.2, 0.25) is 0 Å². The van der Waals surface area contributed by atoms with Gasteiger partial charge in [0.1, 0.15) is 0 Å². The molecule has 0 aliphatic carbocycles. The molecule has 20 heavy (non-hydrogen) atoms. The molecule has 2 heterocycles. The van der Waals surface area contributed by atoms with E-state index in [0.717, 1.165) is 6.42 Å². The molecule has 2 aliphatic rings. The van der Waals surface area contributed by atoms with Gasteiger partial charge in [-0.05, 0) is 19.8 Å². The van der Waals surface area contributed by atoms with E-state index in [1.807, 2.05) is 4.90 Å². The third-order valence-corrected chi connectivity index (χ3v) is 3.68. The largest absolute Gasteiger partial charge is 0.389 e. The molecular formula is C13H21N3O4. The summed E-state index contributed by atoms with van der Waals surface area (Å²) in [6, 6.07) is 0. The molecule has 112 valence electrons. The molecule has 2 fully saturated rings. The average molecular weight is 283 g/mol. The van der Waals surface area contributed by atoms with Crippen LogP contribution in [0.25, 0.3) is 0 Å². The molecule has 7 heteroatoms. The first-order valence-corrected chi connectivity index (χ1v) is 6.91. The minimum absolute atomic E-state index is 0.0387. The minimum atomic E-state index is -0.758. The summed E-state index contributed by atoms with van der Waals surface area (Å²) >= 11 is 0. The maximum atomic E-state index is 11.7. The molecule has 2 aliphatic heterocycles. The smallest absolute Gasteiger partial charge is 0.246 e. The number of carbonyl (C=O) groups is 3. The molecular weight excluding hydrogens is 262 g/mol. The van der Waals surface area contributed by atoms with Crippen LogP contribution in [0.5, 0.6) is 0 Å². The predicted molar refractivity (Wildman–Crippen MR) is 70.6 cm³/mol. The fourth-order valence-corrected chi connectivity index (χ4v) is 2.66. The highest BCUT2D eigenvalue weighted by molar-refractivity contribution is 5.98. The topological polar surface area (TPSA) is 89.9 Å². The Morgan fingerprint density at radius 1 is 1.30 bits per heavy atom. The van der Waals surface area contributed by atoms with Crippen LogP contribution in [0.1, 0.15) is 26.2 Å². The van der Waals surface area contributed by atoms with Crippen molar-refractivity contribution in [2.75, 3.05) is 32.7 Å². The Bertz CT molecular complexity index is 422. The number of rotatable bonds is 4. The third-order valence-electron chi connectivity index (χ3n) is 3.68. The van der Waals surface area contributed by atoms with Gasteiger partial charge in [-0.3, -0.25) is 24.6 Å². The van der Waals surface area contributed by atoms with E-state index in [1.165, 1.54) is 4.90 Å². The van der Waals surface area contributed by atoms with Crippen molar-refractivity contribution in [1.29, 1.82) is 0 Å². The highest BCUT2D eigenvalue weighted by Gasteiger charge is 2.32. The van der Waals surface area contributed by atoms with Crippen molar-refractivity contribution in [1.82, 2.24) is 15.1 Å². The van der Waals surface area contributed by atoms with Crippen molar-refractivity contribution >= 4 is 17.7 Å². The maximum absolute atomic E-state index is 11.7. The molecule has 0 aromatic heterocycles. The third kappa shape index (κ3) is 4.01. The second kappa shape index (κ2) is 5.88. The number of likely N-dealkylation sites (tertiary alicyclic amines) is 2. The summed E-state index contributed by atoms with van der Waals surface area (Å²) in [5.74, 6) is -0.876. The molecule has 7 nitrogen and oxygen atoms in total. The van der Waals surface area contributed by atoms with E-state index >= 15 is 0 Å². The summed E-state index contributed by atoms with van der Waals surface area (Å²) < 4.78 is 0. The highest BCUT2D eigenvalue weighted by Crippen LogP contribution is 2.19. The van der Waals surface area contributed by atoms with E-state index < -0.39 is 11.5 Å². The van der Waals surface area contributed by atoms with Crippen LogP contribution in [0.3, 0.4) is 0 Å². The van der Waals surface area contributed by atoms with Gasteiger partial charge in [-0.15, -0.1) is 0 Å². The second-order valence-electron chi connectivity index (χ2n) is 5.85. The van der Waals surface area contributed by atoms with Crippen molar-refractivity contribution in [3.63, 3.8) is 0 Å². The van der Waals surface area contributed by atoms with E-state index in [-0.39, 0.29) is 24.9 Å². The van der Waals surface area contributed by atoms with E-state index in [2.05, 4.69) is 5.32 Å². The van der Waals surface area contributed by atoms with Gasteiger partial charge in [0.2, 0.25) is 17.7 Å². The van der Waals surface area contributed by atoms with Gasteiger partial charge in [-0.25, -0.2) is 0 Å². The Morgan fingerprint density at radius 3 is 2.55 bits per heavy atom. The van der Waals surface area contributed by atoms with Crippen LogP contribution in [-0.2, 0) is 14.4 Å². The van der Waals surface area contributed by atoms with Crippen molar-refractivity contribution in [2.45, 2.75) is 31.8 Å². The molecule has 0 radical (unpaired) electrons. The number of hydrogen-bond donors (Lipinski definition) is 2. The zero-order valence-corrected chi connectivity index (χ0v) is 11.7. The number of β-amino-alcohol motifs (C(OH)–C–C–N with tert-alkyl or cyclic N) is 1. The molecule has 1 unspecified atom stereocenters. The SMILES string of the molecule is CC1(O)CCN(CC(=O)NC(=O)CN2CCCC2=O)C1. The Kier molecular flexibility index (Phi) is 4.39. The Balaban J connectivity index is 1.71. The van der Waals surface area contributed by atoms with Gasteiger partial charge in [-0.2, -0.15) is 0 Å². The lowest BCUT2D eigenvalue weighted by Gasteiger charge is -2.18. The van der Waals surface area contributed by atoms with Crippen molar-refractivity contribution in [3.05, 3.63) is 0 Å². The highest BCUT2D eigenvalue weighted by atomic mass is 16.3. The van der Waals surface area contributed by atoms with Gasteiger partial charge in [0.15, 0.2) is 0 Å². The van der Waals surface area contributed by atoms with E-state index in [0.29, 0.717) is 32.5 Å². The molecule has 1 atom stereocenters. The average Bonchev–Trinajstić information content (AvgIpc) is 2.85. The molecule has 0 aromatic rings. The summed E-state index contributed by atoms with van der Waals surface area (Å²) in [5.41, 5.74) is -0.758. The van der Waals surface area contributed by atoms with Gasteiger partial charge >= 0.3 is 0 Å². The molecule has 0 saturated carbocycles. The molecule has 0 spiro atoms. The first-order chi connectivity index (χ1) is 9.35. The lowest BCUT2D eigenvalue weighted by atomic mass is 10.1. The number of aliphatic hydroxyl groups is 1. The lowest BCUT2D eigenvalue weighted by molar-refractivity contribution is -0.136. The fourth-order valence-electron chi connectivity index (χ4n) is 2.66. The molecule has 2 saturated heterocycles.